The molecule has 2 amide bonds. The first-order valence-electron chi connectivity index (χ1n) is 10.1. The quantitative estimate of drug-likeness (QED) is 0.697. The second kappa shape index (κ2) is 10.6. The molecule has 0 bridgehead atoms. The van der Waals surface area contributed by atoms with Crippen molar-refractivity contribution in [1.82, 2.24) is 10.2 Å². The van der Waals surface area contributed by atoms with Gasteiger partial charge in [-0.25, -0.2) is 0 Å². The first-order chi connectivity index (χ1) is 13.8. The minimum Gasteiger partial charge on any atom is -0.484 e. The molecule has 0 aliphatic heterocycles. The molecule has 0 unspecified atom stereocenters. The highest BCUT2D eigenvalue weighted by atomic mass is 16.5. The van der Waals surface area contributed by atoms with Gasteiger partial charge >= 0.3 is 0 Å². The van der Waals surface area contributed by atoms with Gasteiger partial charge < -0.3 is 15.0 Å². The number of hydrogen-bond acceptors (Lipinski definition) is 3. The van der Waals surface area contributed by atoms with Gasteiger partial charge in [-0.1, -0.05) is 54.4 Å². The number of hydrogen-bond donors (Lipinski definition) is 1. The molecule has 0 saturated heterocycles. The summed E-state index contributed by atoms with van der Waals surface area (Å²) >= 11 is 0. The van der Waals surface area contributed by atoms with Crippen LogP contribution in [0.5, 0.6) is 5.75 Å². The van der Waals surface area contributed by atoms with E-state index in [1.54, 1.807) is 4.90 Å². The zero-order valence-corrected chi connectivity index (χ0v) is 18.1. The Hall–Kier alpha value is -2.82. The summed E-state index contributed by atoms with van der Waals surface area (Å²) < 4.78 is 5.70. The molecular formula is C24H32N2O3. The summed E-state index contributed by atoms with van der Waals surface area (Å²) in [6.45, 7) is 10.0. The Kier molecular flexibility index (Phi) is 8.25. The molecule has 2 rings (SSSR count). The fourth-order valence-electron chi connectivity index (χ4n) is 3.17. The molecule has 29 heavy (non-hydrogen) atoms. The molecule has 1 atom stereocenters. The lowest BCUT2D eigenvalue weighted by atomic mass is 10.1. The molecule has 2 aromatic carbocycles. The molecule has 156 valence electrons. The van der Waals surface area contributed by atoms with Gasteiger partial charge in [0.25, 0.3) is 5.91 Å². The van der Waals surface area contributed by atoms with Crippen molar-refractivity contribution in [1.29, 1.82) is 0 Å². The van der Waals surface area contributed by atoms with Gasteiger partial charge in [0, 0.05) is 12.6 Å². The monoisotopic (exact) mass is 396 g/mol. The zero-order chi connectivity index (χ0) is 21.4. The summed E-state index contributed by atoms with van der Waals surface area (Å²) in [6, 6.07) is 15.0. The van der Waals surface area contributed by atoms with E-state index in [-0.39, 0.29) is 24.5 Å². The van der Waals surface area contributed by atoms with Crippen LogP contribution < -0.4 is 10.1 Å². The van der Waals surface area contributed by atoms with E-state index in [9.17, 15) is 9.59 Å². The van der Waals surface area contributed by atoms with E-state index in [0.717, 1.165) is 16.7 Å². The molecule has 0 spiro atoms. The highest BCUT2D eigenvalue weighted by Gasteiger charge is 2.29. The first kappa shape index (κ1) is 22.5. The van der Waals surface area contributed by atoms with Gasteiger partial charge in [0.1, 0.15) is 11.8 Å². The van der Waals surface area contributed by atoms with Crippen LogP contribution in [0.15, 0.2) is 48.5 Å². The molecular weight excluding hydrogens is 364 g/mol. The summed E-state index contributed by atoms with van der Waals surface area (Å²) in [5, 5.41) is 2.93. The second-order valence-corrected chi connectivity index (χ2v) is 7.70. The van der Waals surface area contributed by atoms with E-state index in [0.29, 0.717) is 18.7 Å². The van der Waals surface area contributed by atoms with E-state index < -0.39 is 6.04 Å². The minimum absolute atomic E-state index is 0.0104. The van der Waals surface area contributed by atoms with Gasteiger partial charge in [-0.15, -0.1) is 0 Å². The normalized spacial score (nSPS) is 11.8. The molecule has 5 heteroatoms. The molecule has 0 saturated carbocycles. The van der Waals surface area contributed by atoms with Crippen molar-refractivity contribution < 1.29 is 14.3 Å². The number of ether oxygens (including phenoxy) is 1. The van der Waals surface area contributed by atoms with Crippen LogP contribution in [0.25, 0.3) is 0 Å². The van der Waals surface area contributed by atoms with Crippen molar-refractivity contribution in [3.63, 3.8) is 0 Å². The Balaban J connectivity index is 2.20. The maximum Gasteiger partial charge on any atom is 0.261 e. The smallest absolute Gasteiger partial charge is 0.261 e. The van der Waals surface area contributed by atoms with Crippen molar-refractivity contribution in [2.75, 3.05) is 6.61 Å². The Morgan fingerprint density at radius 1 is 1.03 bits per heavy atom. The Morgan fingerprint density at radius 2 is 1.72 bits per heavy atom. The first-order valence-corrected chi connectivity index (χ1v) is 10.1. The van der Waals surface area contributed by atoms with Crippen molar-refractivity contribution >= 4 is 11.8 Å². The average Bonchev–Trinajstić information content (AvgIpc) is 2.66. The predicted molar refractivity (Wildman–Crippen MR) is 116 cm³/mol. The number of nitrogens with zero attached hydrogens (tertiary/aromatic N) is 1. The van der Waals surface area contributed by atoms with Crippen LogP contribution in [0, 0.1) is 13.8 Å². The van der Waals surface area contributed by atoms with Crippen molar-refractivity contribution in [2.24, 2.45) is 0 Å². The van der Waals surface area contributed by atoms with Crippen LogP contribution in [0.1, 0.15) is 43.9 Å². The Labute approximate surface area is 174 Å². The summed E-state index contributed by atoms with van der Waals surface area (Å²) in [7, 11) is 0. The number of rotatable bonds is 9. The van der Waals surface area contributed by atoms with Crippen molar-refractivity contribution in [3.8, 4) is 5.75 Å². The number of carbonyl (C=O) groups is 2. The molecule has 2 aromatic rings. The SMILES string of the molecule is CC[C@H](C(=O)NC(C)C)N(Cc1cccc(C)c1)C(=O)COc1ccc(C)cc1. The molecule has 0 radical (unpaired) electrons. The molecule has 0 aliphatic carbocycles. The fourth-order valence-corrected chi connectivity index (χ4v) is 3.17. The lowest BCUT2D eigenvalue weighted by Crippen LogP contribution is -2.51. The van der Waals surface area contributed by atoms with Crippen LogP contribution in [0.3, 0.4) is 0 Å². The van der Waals surface area contributed by atoms with Crippen LogP contribution in [0.4, 0.5) is 0 Å². The van der Waals surface area contributed by atoms with Gasteiger partial charge in [0.05, 0.1) is 0 Å². The number of amides is 2. The van der Waals surface area contributed by atoms with E-state index in [4.69, 9.17) is 4.74 Å². The summed E-state index contributed by atoms with van der Waals surface area (Å²) in [4.78, 5) is 27.5. The fraction of sp³-hybridized carbons (Fsp3) is 0.417. The van der Waals surface area contributed by atoms with E-state index >= 15 is 0 Å². The van der Waals surface area contributed by atoms with E-state index in [1.807, 2.05) is 83.1 Å². The number of nitrogens with one attached hydrogen (secondary N) is 1. The summed E-state index contributed by atoms with van der Waals surface area (Å²) in [5.41, 5.74) is 3.23. The topological polar surface area (TPSA) is 58.6 Å². The van der Waals surface area contributed by atoms with Crippen molar-refractivity contribution in [2.45, 2.75) is 59.7 Å². The van der Waals surface area contributed by atoms with E-state index in [1.165, 1.54) is 0 Å². The number of aryl methyl sites for hydroxylation is 2. The highest BCUT2D eigenvalue weighted by Crippen LogP contribution is 2.16. The number of carbonyl (C=O) groups excluding carboxylic acids is 2. The van der Waals surface area contributed by atoms with Gasteiger partial charge in [0.2, 0.25) is 5.91 Å². The number of benzene rings is 2. The van der Waals surface area contributed by atoms with Crippen LogP contribution >= 0.6 is 0 Å². The molecule has 0 aliphatic rings. The molecule has 5 nitrogen and oxygen atoms in total. The lowest BCUT2D eigenvalue weighted by Gasteiger charge is -2.31. The maximum absolute atomic E-state index is 13.1. The summed E-state index contributed by atoms with van der Waals surface area (Å²) in [5.74, 6) is 0.288. The third-order valence-electron chi connectivity index (χ3n) is 4.64. The molecule has 0 aromatic heterocycles. The molecule has 0 fully saturated rings. The van der Waals surface area contributed by atoms with Crippen LogP contribution in [-0.4, -0.2) is 35.4 Å². The second-order valence-electron chi connectivity index (χ2n) is 7.70. The van der Waals surface area contributed by atoms with Gasteiger partial charge in [-0.3, -0.25) is 9.59 Å². The van der Waals surface area contributed by atoms with Crippen LogP contribution in [0.2, 0.25) is 0 Å². The lowest BCUT2D eigenvalue weighted by molar-refractivity contribution is -0.143. The Morgan fingerprint density at radius 3 is 2.31 bits per heavy atom. The average molecular weight is 397 g/mol. The minimum atomic E-state index is -0.549. The van der Waals surface area contributed by atoms with Gasteiger partial charge in [-0.2, -0.15) is 0 Å². The third-order valence-corrected chi connectivity index (χ3v) is 4.64. The summed E-state index contributed by atoms with van der Waals surface area (Å²) in [6.07, 6.45) is 0.528. The Bertz CT molecular complexity index is 815. The van der Waals surface area contributed by atoms with Crippen molar-refractivity contribution in [3.05, 3.63) is 65.2 Å². The van der Waals surface area contributed by atoms with Gasteiger partial charge in [-0.05, 0) is 51.8 Å². The largest absolute Gasteiger partial charge is 0.484 e. The predicted octanol–water partition coefficient (Wildman–Crippen LogP) is 4.01. The highest BCUT2D eigenvalue weighted by molar-refractivity contribution is 5.88. The zero-order valence-electron chi connectivity index (χ0n) is 18.1. The molecule has 1 N–H and O–H groups in total. The van der Waals surface area contributed by atoms with E-state index in [2.05, 4.69) is 5.32 Å². The van der Waals surface area contributed by atoms with Crippen LogP contribution in [-0.2, 0) is 16.1 Å². The molecule has 0 heterocycles. The maximum atomic E-state index is 13.1. The third kappa shape index (κ3) is 6.93. The standard InChI is InChI=1S/C24H32N2O3/c1-6-22(24(28)25-17(2)3)26(15-20-9-7-8-19(5)14-20)23(27)16-29-21-12-10-18(4)11-13-21/h7-14,17,22H,6,15-16H2,1-5H3,(H,25,28)/t22-/m1/s1. The van der Waals surface area contributed by atoms with Gasteiger partial charge in [0.15, 0.2) is 6.61 Å².